The van der Waals surface area contributed by atoms with Crippen molar-refractivity contribution in [3.05, 3.63) is 22.3 Å². The standard InChI is InChI=1S/C12H15BrN2O2/c1-8-6-11(14-7-10(8)13)15-12(16)9-2-4-17-5-3-9/h6-7,9H,2-5H2,1H3,(H,14,15,16). The number of aryl methyl sites for hydroxylation is 1. The lowest BCUT2D eigenvalue weighted by Gasteiger charge is -2.21. The Kier molecular flexibility index (Phi) is 4.12. The van der Waals surface area contributed by atoms with Gasteiger partial charge in [-0.15, -0.1) is 0 Å². The number of nitrogens with one attached hydrogen (secondary N) is 1. The van der Waals surface area contributed by atoms with E-state index in [9.17, 15) is 4.79 Å². The van der Waals surface area contributed by atoms with Gasteiger partial charge in [-0.05, 0) is 47.3 Å². The number of carbonyl (C=O) groups is 1. The molecule has 5 heteroatoms. The van der Waals surface area contributed by atoms with E-state index in [1.54, 1.807) is 6.20 Å². The summed E-state index contributed by atoms with van der Waals surface area (Å²) in [4.78, 5) is 16.1. The van der Waals surface area contributed by atoms with Crippen LogP contribution in [0.15, 0.2) is 16.7 Å². The monoisotopic (exact) mass is 298 g/mol. The van der Waals surface area contributed by atoms with Crippen molar-refractivity contribution in [2.24, 2.45) is 5.92 Å². The second kappa shape index (κ2) is 5.60. The molecular formula is C12H15BrN2O2. The van der Waals surface area contributed by atoms with E-state index in [4.69, 9.17) is 4.74 Å². The van der Waals surface area contributed by atoms with E-state index in [1.165, 1.54) is 0 Å². The van der Waals surface area contributed by atoms with Gasteiger partial charge in [-0.25, -0.2) is 4.98 Å². The van der Waals surface area contributed by atoms with Crippen molar-refractivity contribution >= 4 is 27.7 Å². The molecule has 4 nitrogen and oxygen atoms in total. The van der Waals surface area contributed by atoms with Gasteiger partial charge in [0.15, 0.2) is 0 Å². The number of aromatic nitrogens is 1. The second-order valence-electron chi connectivity index (χ2n) is 4.19. The highest BCUT2D eigenvalue weighted by Gasteiger charge is 2.21. The van der Waals surface area contributed by atoms with E-state index in [2.05, 4.69) is 26.2 Å². The summed E-state index contributed by atoms with van der Waals surface area (Å²) in [5.41, 5.74) is 1.06. The largest absolute Gasteiger partial charge is 0.381 e. The molecule has 0 bridgehead atoms. The quantitative estimate of drug-likeness (QED) is 0.913. The molecule has 0 spiro atoms. The molecule has 2 heterocycles. The molecule has 1 fully saturated rings. The van der Waals surface area contributed by atoms with Gasteiger partial charge in [0.25, 0.3) is 0 Å². The van der Waals surface area contributed by atoms with Gasteiger partial charge in [-0.3, -0.25) is 4.79 Å². The Labute approximate surface area is 109 Å². The van der Waals surface area contributed by atoms with Gasteiger partial charge >= 0.3 is 0 Å². The van der Waals surface area contributed by atoms with Crippen LogP contribution in [0.3, 0.4) is 0 Å². The number of halogens is 1. The molecule has 2 rings (SSSR count). The summed E-state index contributed by atoms with van der Waals surface area (Å²) < 4.78 is 6.18. The summed E-state index contributed by atoms with van der Waals surface area (Å²) in [6, 6.07) is 1.86. The van der Waals surface area contributed by atoms with Gasteiger partial charge in [0.05, 0.1) is 0 Å². The van der Waals surface area contributed by atoms with Gasteiger partial charge in [0.1, 0.15) is 5.82 Å². The Morgan fingerprint density at radius 1 is 1.53 bits per heavy atom. The van der Waals surface area contributed by atoms with E-state index in [-0.39, 0.29) is 11.8 Å². The highest BCUT2D eigenvalue weighted by Crippen LogP contribution is 2.20. The van der Waals surface area contributed by atoms with Crippen LogP contribution in [0.1, 0.15) is 18.4 Å². The molecule has 1 aliphatic rings. The molecule has 0 radical (unpaired) electrons. The highest BCUT2D eigenvalue weighted by molar-refractivity contribution is 9.10. The number of anilines is 1. The van der Waals surface area contributed by atoms with Crippen LogP contribution in [-0.2, 0) is 9.53 Å². The average Bonchev–Trinajstić information content (AvgIpc) is 2.35. The fourth-order valence-corrected chi connectivity index (χ4v) is 2.01. The first-order chi connectivity index (χ1) is 8.16. The predicted molar refractivity (Wildman–Crippen MR) is 68.8 cm³/mol. The molecule has 92 valence electrons. The maximum atomic E-state index is 11.9. The molecule has 0 aromatic carbocycles. The first kappa shape index (κ1) is 12.5. The smallest absolute Gasteiger partial charge is 0.228 e. The number of pyridine rings is 1. The topological polar surface area (TPSA) is 51.2 Å². The van der Waals surface area contributed by atoms with Crippen LogP contribution < -0.4 is 5.32 Å². The zero-order valence-electron chi connectivity index (χ0n) is 9.70. The van der Waals surface area contributed by atoms with Crippen molar-refractivity contribution in [1.82, 2.24) is 4.98 Å². The minimum Gasteiger partial charge on any atom is -0.381 e. The molecule has 1 N–H and O–H groups in total. The number of nitrogens with zero attached hydrogens (tertiary/aromatic N) is 1. The molecule has 1 aliphatic heterocycles. The van der Waals surface area contributed by atoms with Crippen molar-refractivity contribution < 1.29 is 9.53 Å². The Morgan fingerprint density at radius 2 is 2.24 bits per heavy atom. The number of hydrogen-bond donors (Lipinski definition) is 1. The lowest BCUT2D eigenvalue weighted by Crippen LogP contribution is -2.28. The van der Waals surface area contributed by atoms with Crippen LogP contribution >= 0.6 is 15.9 Å². The van der Waals surface area contributed by atoms with Crippen molar-refractivity contribution in [3.8, 4) is 0 Å². The lowest BCUT2D eigenvalue weighted by atomic mass is 9.99. The maximum Gasteiger partial charge on any atom is 0.228 e. The van der Waals surface area contributed by atoms with Crippen molar-refractivity contribution in [2.75, 3.05) is 18.5 Å². The van der Waals surface area contributed by atoms with E-state index >= 15 is 0 Å². The molecule has 17 heavy (non-hydrogen) atoms. The van der Waals surface area contributed by atoms with E-state index in [0.717, 1.165) is 22.9 Å². The molecular weight excluding hydrogens is 284 g/mol. The van der Waals surface area contributed by atoms with Gasteiger partial charge in [0.2, 0.25) is 5.91 Å². The SMILES string of the molecule is Cc1cc(NC(=O)C2CCOCC2)ncc1Br. The van der Waals surface area contributed by atoms with E-state index < -0.39 is 0 Å². The van der Waals surface area contributed by atoms with Gasteiger partial charge in [0, 0.05) is 29.8 Å². The fourth-order valence-electron chi connectivity index (χ4n) is 1.80. The van der Waals surface area contributed by atoms with Crippen molar-refractivity contribution in [1.29, 1.82) is 0 Å². The van der Waals surface area contributed by atoms with Crippen molar-refractivity contribution in [3.63, 3.8) is 0 Å². The molecule has 1 aromatic rings. The molecule has 0 saturated carbocycles. The zero-order chi connectivity index (χ0) is 12.3. The highest BCUT2D eigenvalue weighted by atomic mass is 79.9. The van der Waals surface area contributed by atoms with Crippen LogP contribution in [-0.4, -0.2) is 24.1 Å². The fraction of sp³-hybridized carbons (Fsp3) is 0.500. The summed E-state index contributed by atoms with van der Waals surface area (Å²) in [5, 5.41) is 2.85. The third kappa shape index (κ3) is 3.26. The normalized spacial score (nSPS) is 16.8. The van der Waals surface area contributed by atoms with E-state index in [1.807, 2.05) is 13.0 Å². The van der Waals surface area contributed by atoms with Gasteiger partial charge < -0.3 is 10.1 Å². The molecule has 0 atom stereocenters. The third-order valence-corrected chi connectivity index (χ3v) is 3.72. The molecule has 1 amide bonds. The Morgan fingerprint density at radius 3 is 2.88 bits per heavy atom. The van der Waals surface area contributed by atoms with Crippen molar-refractivity contribution in [2.45, 2.75) is 19.8 Å². The molecule has 1 aromatic heterocycles. The van der Waals surface area contributed by atoms with Crippen LogP contribution in [0.2, 0.25) is 0 Å². The minimum absolute atomic E-state index is 0.0440. The first-order valence-corrected chi connectivity index (χ1v) is 6.47. The number of hydrogen-bond acceptors (Lipinski definition) is 3. The van der Waals surface area contributed by atoms with E-state index in [0.29, 0.717) is 19.0 Å². The zero-order valence-corrected chi connectivity index (χ0v) is 11.3. The second-order valence-corrected chi connectivity index (χ2v) is 5.05. The Balaban J connectivity index is 1.99. The molecule has 0 aliphatic carbocycles. The third-order valence-electron chi connectivity index (χ3n) is 2.89. The maximum absolute atomic E-state index is 11.9. The summed E-state index contributed by atoms with van der Waals surface area (Å²) in [5.74, 6) is 0.708. The Hall–Kier alpha value is -0.940. The first-order valence-electron chi connectivity index (χ1n) is 5.67. The number of amides is 1. The van der Waals surface area contributed by atoms with Crippen LogP contribution in [0.4, 0.5) is 5.82 Å². The molecule has 1 saturated heterocycles. The van der Waals surface area contributed by atoms with Crippen LogP contribution in [0.25, 0.3) is 0 Å². The molecule has 0 unspecified atom stereocenters. The van der Waals surface area contributed by atoms with Crippen LogP contribution in [0.5, 0.6) is 0 Å². The van der Waals surface area contributed by atoms with Gasteiger partial charge in [-0.2, -0.15) is 0 Å². The summed E-state index contributed by atoms with van der Waals surface area (Å²) in [6.45, 7) is 3.31. The average molecular weight is 299 g/mol. The number of rotatable bonds is 2. The Bertz CT molecular complexity index is 417. The van der Waals surface area contributed by atoms with Crippen LogP contribution in [0, 0.1) is 12.8 Å². The summed E-state index contributed by atoms with van der Waals surface area (Å²) in [6.07, 6.45) is 3.29. The number of carbonyl (C=O) groups excluding carboxylic acids is 1. The summed E-state index contributed by atoms with van der Waals surface area (Å²) >= 11 is 3.38. The predicted octanol–water partition coefficient (Wildman–Crippen LogP) is 2.52. The number of ether oxygens (including phenoxy) is 1. The summed E-state index contributed by atoms with van der Waals surface area (Å²) in [7, 11) is 0. The lowest BCUT2D eigenvalue weighted by molar-refractivity contribution is -0.122. The van der Waals surface area contributed by atoms with Gasteiger partial charge in [-0.1, -0.05) is 0 Å². The minimum atomic E-state index is 0.0440.